The van der Waals surface area contributed by atoms with Crippen LogP contribution in [-0.2, 0) is 14.3 Å². The van der Waals surface area contributed by atoms with Crippen molar-refractivity contribution in [3.8, 4) is 0 Å². The predicted molar refractivity (Wildman–Crippen MR) is 62.0 cm³/mol. The lowest BCUT2D eigenvalue weighted by atomic mass is 9.81. The van der Waals surface area contributed by atoms with Gasteiger partial charge in [-0.05, 0) is 25.5 Å². The Balaban J connectivity index is 2.02. The van der Waals surface area contributed by atoms with Gasteiger partial charge in [-0.3, -0.25) is 4.18 Å². The van der Waals surface area contributed by atoms with Crippen molar-refractivity contribution in [2.24, 2.45) is 5.92 Å². The molecule has 1 aromatic rings. The standard InChI is InChI=1S/C12H14F2O3S/c1-9-2-4-11(5-3-9)18(15,16)17-8-10-6-7-12(10,13)14/h2-5,10H,6-8H2,1H3. The van der Waals surface area contributed by atoms with Gasteiger partial charge in [0.05, 0.1) is 11.5 Å². The molecule has 1 saturated carbocycles. The molecule has 0 N–H and O–H groups in total. The van der Waals surface area contributed by atoms with Gasteiger partial charge in [-0.1, -0.05) is 17.7 Å². The van der Waals surface area contributed by atoms with E-state index in [2.05, 4.69) is 4.18 Å². The highest BCUT2D eigenvalue weighted by Crippen LogP contribution is 2.43. The minimum absolute atomic E-state index is 0.00394. The van der Waals surface area contributed by atoms with Crippen LogP contribution >= 0.6 is 0 Å². The zero-order valence-corrected chi connectivity index (χ0v) is 10.7. The Labute approximate surface area is 105 Å². The van der Waals surface area contributed by atoms with Crippen LogP contribution in [0.3, 0.4) is 0 Å². The van der Waals surface area contributed by atoms with Crippen LogP contribution in [0.15, 0.2) is 29.2 Å². The zero-order chi connectivity index (χ0) is 13.4. The molecule has 1 fully saturated rings. The maximum atomic E-state index is 13.0. The summed E-state index contributed by atoms with van der Waals surface area (Å²) >= 11 is 0. The first-order valence-corrected chi connectivity index (χ1v) is 7.06. The fourth-order valence-electron chi connectivity index (χ4n) is 1.72. The summed E-state index contributed by atoms with van der Waals surface area (Å²) in [6.07, 6.45) is 0.113. The van der Waals surface area contributed by atoms with E-state index < -0.39 is 28.6 Å². The van der Waals surface area contributed by atoms with Crippen LogP contribution in [-0.4, -0.2) is 20.9 Å². The molecule has 1 aromatic carbocycles. The van der Waals surface area contributed by atoms with E-state index in [0.29, 0.717) is 6.42 Å². The Morgan fingerprint density at radius 1 is 1.33 bits per heavy atom. The third kappa shape index (κ3) is 2.70. The first-order valence-electron chi connectivity index (χ1n) is 5.65. The summed E-state index contributed by atoms with van der Waals surface area (Å²) in [5, 5.41) is 0. The fraction of sp³-hybridized carbons (Fsp3) is 0.500. The highest BCUT2D eigenvalue weighted by Gasteiger charge is 2.48. The molecule has 18 heavy (non-hydrogen) atoms. The summed E-state index contributed by atoms with van der Waals surface area (Å²) < 4.78 is 54.1. The number of hydrogen-bond donors (Lipinski definition) is 0. The van der Waals surface area contributed by atoms with Crippen LogP contribution in [0.5, 0.6) is 0 Å². The summed E-state index contributed by atoms with van der Waals surface area (Å²) in [6, 6.07) is 6.08. The first kappa shape index (κ1) is 13.4. The smallest absolute Gasteiger partial charge is 0.266 e. The minimum atomic E-state index is -3.93. The van der Waals surface area contributed by atoms with Gasteiger partial charge in [-0.25, -0.2) is 8.78 Å². The molecule has 0 aromatic heterocycles. The highest BCUT2D eigenvalue weighted by molar-refractivity contribution is 7.86. The highest BCUT2D eigenvalue weighted by atomic mass is 32.2. The predicted octanol–water partition coefficient (Wildman–Crippen LogP) is 2.75. The Morgan fingerprint density at radius 2 is 1.94 bits per heavy atom. The number of halogens is 2. The first-order chi connectivity index (χ1) is 8.31. The lowest BCUT2D eigenvalue weighted by molar-refractivity contribution is -0.142. The van der Waals surface area contributed by atoms with Gasteiger partial charge in [0.15, 0.2) is 0 Å². The maximum absolute atomic E-state index is 13.0. The van der Waals surface area contributed by atoms with E-state index in [9.17, 15) is 17.2 Å². The van der Waals surface area contributed by atoms with Crippen molar-refractivity contribution >= 4 is 10.1 Å². The third-order valence-electron chi connectivity index (χ3n) is 3.16. The second-order valence-corrected chi connectivity index (χ2v) is 6.16. The van der Waals surface area contributed by atoms with E-state index in [1.807, 2.05) is 6.92 Å². The van der Waals surface area contributed by atoms with Gasteiger partial charge in [0.25, 0.3) is 16.0 Å². The average molecular weight is 276 g/mol. The van der Waals surface area contributed by atoms with Crippen molar-refractivity contribution < 1.29 is 21.4 Å². The second-order valence-electron chi connectivity index (χ2n) is 4.55. The van der Waals surface area contributed by atoms with Crippen LogP contribution in [0.1, 0.15) is 18.4 Å². The number of aryl methyl sites for hydroxylation is 1. The quantitative estimate of drug-likeness (QED) is 0.794. The molecule has 3 nitrogen and oxygen atoms in total. The largest absolute Gasteiger partial charge is 0.296 e. The molecule has 1 unspecified atom stereocenters. The summed E-state index contributed by atoms with van der Waals surface area (Å²) in [5.74, 6) is -3.78. The van der Waals surface area contributed by atoms with Crippen LogP contribution in [0.2, 0.25) is 0 Å². The molecular weight excluding hydrogens is 262 g/mol. The van der Waals surface area contributed by atoms with Crippen molar-refractivity contribution in [3.05, 3.63) is 29.8 Å². The van der Waals surface area contributed by atoms with E-state index in [-0.39, 0.29) is 11.3 Å². The normalized spacial score (nSPS) is 22.5. The van der Waals surface area contributed by atoms with E-state index in [0.717, 1.165) is 5.56 Å². The minimum Gasteiger partial charge on any atom is -0.266 e. The van der Waals surface area contributed by atoms with E-state index in [1.165, 1.54) is 12.1 Å². The molecule has 0 radical (unpaired) electrons. The van der Waals surface area contributed by atoms with Gasteiger partial charge in [0.2, 0.25) is 0 Å². The molecule has 0 aliphatic heterocycles. The van der Waals surface area contributed by atoms with Crippen molar-refractivity contribution in [3.63, 3.8) is 0 Å². The number of hydrogen-bond acceptors (Lipinski definition) is 3. The van der Waals surface area contributed by atoms with Gasteiger partial charge in [-0.15, -0.1) is 0 Å². The van der Waals surface area contributed by atoms with Gasteiger partial charge >= 0.3 is 0 Å². The average Bonchev–Trinajstić information content (AvgIpc) is 2.28. The van der Waals surface area contributed by atoms with Crippen molar-refractivity contribution in [1.29, 1.82) is 0 Å². The Morgan fingerprint density at radius 3 is 2.39 bits per heavy atom. The molecule has 0 saturated heterocycles. The van der Waals surface area contributed by atoms with Crippen molar-refractivity contribution in [2.45, 2.75) is 30.6 Å². The Kier molecular flexibility index (Phi) is 3.42. The summed E-state index contributed by atoms with van der Waals surface area (Å²) in [6.45, 7) is 1.37. The van der Waals surface area contributed by atoms with Gasteiger partial charge in [-0.2, -0.15) is 8.42 Å². The molecule has 0 amide bonds. The molecule has 100 valence electrons. The molecule has 1 atom stereocenters. The van der Waals surface area contributed by atoms with Crippen LogP contribution in [0.4, 0.5) is 8.78 Å². The molecule has 1 aliphatic carbocycles. The van der Waals surface area contributed by atoms with Crippen LogP contribution < -0.4 is 0 Å². The van der Waals surface area contributed by atoms with Gasteiger partial charge < -0.3 is 0 Å². The molecule has 2 rings (SSSR count). The number of alkyl halides is 2. The van der Waals surface area contributed by atoms with E-state index in [4.69, 9.17) is 0 Å². The molecule has 6 heteroatoms. The molecule has 1 aliphatic rings. The van der Waals surface area contributed by atoms with Crippen molar-refractivity contribution in [2.75, 3.05) is 6.61 Å². The third-order valence-corrected chi connectivity index (χ3v) is 4.45. The fourth-order valence-corrected chi connectivity index (χ4v) is 2.67. The topological polar surface area (TPSA) is 43.4 Å². The Bertz CT molecular complexity index is 523. The Hall–Kier alpha value is -1.01. The van der Waals surface area contributed by atoms with Gasteiger partial charge in [0, 0.05) is 12.3 Å². The summed E-state index contributed by atoms with van der Waals surface area (Å²) in [5.41, 5.74) is 0.916. The zero-order valence-electron chi connectivity index (χ0n) is 9.90. The van der Waals surface area contributed by atoms with Gasteiger partial charge in [0.1, 0.15) is 0 Å². The SMILES string of the molecule is Cc1ccc(S(=O)(=O)OCC2CCC2(F)F)cc1. The maximum Gasteiger partial charge on any atom is 0.296 e. The number of benzene rings is 1. The summed E-state index contributed by atoms with van der Waals surface area (Å²) in [7, 11) is -3.93. The summed E-state index contributed by atoms with van der Waals surface area (Å²) in [4.78, 5) is -0.00394. The molecule has 0 bridgehead atoms. The molecule has 0 heterocycles. The van der Waals surface area contributed by atoms with Crippen LogP contribution in [0, 0.1) is 12.8 Å². The van der Waals surface area contributed by atoms with Crippen molar-refractivity contribution in [1.82, 2.24) is 0 Å². The van der Waals surface area contributed by atoms with E-state index in [1.54, 1.807) is 12.1 Å². The lowest BCUT2D eigenvalue weighted by Gasteiger charge is -2.35. The molecule has 0 spiro atoms. The second kappa shape index (κ2) is 4.59. The van der Waals surface area contributed by atoms with E-state index >= 15 is 0 Å². The number of rotatable bonds is 4. The monoisotopic (exact) mass is 276 g/mol. The van der Waals surface area contributed by atoms with Crippen LogP contribution in [0.25, 0.3) is 0 Å². The molecular formula is C12H14F2O3S. The lowest BCUT2D eigenvalue weighted by Crippen LogP contribution is -2.41.